The van der Waals surface area contributed by atoms with Crippen molar-refractivity contribution in [3.05, 3.63) is 132 Å². The van der Waals surface area contributed by atoms with Gasteiger partial charge in [0.2, 0.25) is 0 Å². The fourth-order valence-electron chi connectivity index (χ4n) is 5.52. The molecule has 1 unspecified atom stereocenters. The molecule has 0 radical (unpaired) electrons. The Morgan fingerprint density at radius 1 is 0.818 bits per heavy atom. The first-order valence-electron chi connectivity index (χ1n) is 14.9. The average Bonchev–Trinajstić information content (AvgIpc) is 3.05. The molecule has 1 amide bonds. The number of likely N-dealkylation sites (tertiary alicyclic amines) is 1. The van der Waals surface area contributed by atoms with Crippen LogP contribution in [0, 0.1) is 5.82 Å². The Bertz CT molecular complexity index is 1540. The molecular formula is C35H38FN3O4S. The summed E-state index contributed by atoms with van der Waals surface area (Å²) in [6.07, 6.45) is 0.477. The Morgan fingerprint density at radius 3 is 1.84 bits per heavy atom. The highest BCUT2D eigenvalue weighted by atomic mass is 32.2. The average molecular weight is 616 g/mol. The van der Waals surface area contributed by atoms with E-state index in [2.05, 4.69) is 36.1 Å². The molecule has 44 heavy (non-hydrogen) atoms. The van der Waals surface area contributed by atoms with E-state index in [1.54, 1.807) is 29.2 Å². The molecule has 0 aromatic heterocycles. The van der Waals surface area contributed by atoms with Crippen molar-refractivity contribution in [2.24, 2.45) is 0 Å². The summed E-state index contributed by atoms with van der Waals surface area (Å²) in [6, 6.07) is 33.8. The van der Waals surface area contributed by atoms with Crippen molar-refractivity contribution in [1.29, 1.82) is 0 Å². The highest BCUT2D eigenvalue weighted by Crippen LogP contribution is 2.30. The van der Waals surface area contributed by atoms with Gasteiger partial charge in [-0.25, -0.2) is 17.6 Å². The molecule has 0 N–H and O–H groups in total. The summed E-state index contributed by atoms with van der Waals surface area (Å²) in [5, 5.41) is 0. The van der Waals surface area contributed by atoms with E-state index in [-0.39, 0.29) is 23.6 Å². The summed E-state index contributed by atoms with van der Waals surface area (Å²) in [6.45, 7) is 4.45. The van der Waals surface area contributed by atoms with Crippen LogP contribution in [0.5, 0.6) is 0 Å². The van der Waals surface area contributed by atoms with Crippen molar-refractivity contribution in [1.82, 2.24) is 9.80 Å². The van der Waals surface area contributed by atoms with E-state index in [0.717, 1.165) is 25.2 Å². The molecule has 1 fully saturated rings. The van der Waals surface area contributed by atoms with Gasteiger partial charge in [0.15, 0.2) is 0 Å². The lowest BCUT2D eigenvalue weighted by atomic mass is 10.0. The van der Waals surface area contributed by atoms with E-state index in [4.69, 9.17) is 4.74 Å². The van der Waals surface area contributed by atoms with Gasteiger partial charge in [0, 0.05) is 38.3 Å². The number of piperidine rings is 1. The van der Waals surface area contributed by atoms with Crippen molar-refractivity contribution >= 4 is 21.8 Å². The molecule has 0 saturated carbocycles. The number of amides is 1. The number of nitrogens with zero attached hydrogens (tertiary/aromatic N) is 3. The first-order chi connectivity index (χ1) is 21.3. The summed E-state index contributed by atoms with van der Waals surface area (Å²) < 4.78 is 48.3. The minimum Gasteiger partial charge on any atom is -0.448 e. The van der Waals surface area contributed by atoms with Crippen LogP contribution < -0.4 is 4.31 Å². The van der Waals surface area contributed by atoms with Crippen LogP contribution >= 0.6 is 0 Å². The summed E-state index contributed by atoms with van der Waals surface area (Å²) in [4.78, 5) is 17.1. The molecule has 0 bridgehead atoms. The normalized spacial score (nSPS) is 14.8. The maximum Gasteiger partial charge on any atom is 0.409 e. The number of ether oxygens (including phenoxy) is 1. The maximum absolute atomic E-state index is 13.8. The number of anilines is 1. The second-order valence-corrected chi connectivity index (χ2v) is 12.9. The Morgan fingerprint density at radius 2 is 1.32 bits per heavy atom. The lowest BCUT2D eigenvalue weighted by Gasteiger charge is -2.38. The van der Waals surface area contributed by atoms with Crippen LogP contribution in [0.4, 0.5) is 14.9 Å². The monoisotopic (exact) mass is 615 g/mol. The van der Waals surface area contributed by atoms with E-state index in [1.165, 1.54) is 27.6 Å². The number of rotatable bonds is 11. The van der Waals surface area contributed by atoms with E-state index in [1.807, 2.05) is 42.5 Å². The van der Waals surface area contributed by atoms with E-state index < -0.39 is 21.9 Å². The molecule has 1 aliphatic heterocycles. The molecule has 4 aromatic rings. The number of halogens is 1. The van der Waals surface area contributed by atoms with E-state index in [9.17, 15) is 17.6 Å². The molecule has 0 spiro atoms. The molecule has 1 atom stereocenters. The molecule has 9 heteroatoms. The van der Waals surface area contributed by atoms with Crippen molar-refractivity contribution in [3.8, 4) is 0 Å². The van der Waals surface area contributed by atoms with E-state index >= 15 is 0 Å². The van der Waals surface area contributed by atoms with Crippen LogP contribution in [0.25, 0.3) is 0 Å². The SMILES string of the molecule is CC(COC(=O)N1CCC(N(c2ccccc2)S(=O)(=O)c2ccc(F)cc2)CC1)N(Cc1ccccc1)Cc1ccccc1. The number of hydrogen-bond acceptors (Lipinski definition) is 5. The number of benzene rings is 4. The highest BCUT2D eigenvalue weighted by molar-refractivity contribution is 7.92. The van der Waals surface area contributed by atoms with Gasteiger partial charge in [-0.3, -0.25) is 9.21 Å². The summed E-state index contributed by atoms with van der Waals surface area (Å²) >= 11 is 0. The van der Waals surface area contributed by atoms with E-state index in [0.29, 0.717) is 31.6 Å². The second kappa shape index (κ2) is 14.5. The molecule has 230 valence electrons. The molecule has 7 nitrogen and oxygen atoms in total. The second-order valence-electron chi connectivity index (χ2n) is 11.1. The summed E-state index contributed by atoms with van der Waals surface area (Å²) in [7, 11) is -3.96. The Kier molecular flexibility index (Phi) is 10.3. The van der Waals surface area contributed by atoms with Gasteiger partial charge >= 0.3 is 6.09 Å². The van der Waals surface area contributed by atoms with Gasteiger partial charge in [-0.1, -0.05) is 78.9 Å². The molecule has 5 rings (SSSR count). The summed E-state index contributed by atoms with van der Waals surface area (Å²) in [5.41, 5.74) is 2.90. The minimum absolute atomic E-state index is 0.0224. The molecule has 1 heterocycles. The molecule has 1 saturated heterocycles. The fourth-order valence-corrected chi connectivity index (χ4v) is 7.23. The fraction of sp³-hybridized carbons (Fsp3) is 0.286. The third-order valence-corrected chi connectivity index (χ3v) is 9.86. The van der Waals surface area contributed by atoms with Crippen molar-refractivity contribution < 1.29 is 22.3 Å². The number of carbonyl (C=O) groups excluding carboxylic acids is 1. The molecular weight excluding hydrogens is 577 g/mol. The van der Waals surface area contributed by atoms with Gasteiger partial charge in [0.05, 0.1) is 10.6 Å². The van der Waals surface area contributed by atoms with Crippen LogP contribution in [0.2, 0.25) is 0 Å². The number of para-hydroxylation sites is 1. The van der Waals surface area contributed by atoms with Crippen LogP contribution in [-0.4, -0.2) is 56.1 Å². The number of hydrogen-bond donors (Lipinski definition) is 0. The highest BCUT2D eigenvalue weighted by Gasteiger charge is 2.35. The number of sulfonamides is 1. The Labute approximate surface area is 259 Å². The standard InChI is InChI=1S/C35H38FN3O4S/c1-28(38(25-29-11-5-2-6-12-29)26-30-13-7-3-8-14-30)27-43-35(40)37-23-21-33(22-24-37)39(32-15-9-4-10-16-32)44(41,42)34-19-17-31(36)18-20-34/h2-20,28,33H,21-27H2,1H3. The smallest absolute Gasteiger partial charge is 0.409 e. The first kappa shape index (κ1) is 31.2. The van der Waals surface area contributed by atoms with Crippen molar-refractivity contribution in [3.63, 3.8) is 0 Å². The largest absolute Gasteiger partial charge is 0.448 e. The first-order valence-corrected chi connectivity index (χ1v) is 16.3. The Balaban J connectivity index is 1.22. The van der Waals surface area contributed by atoms with Gasteiger partial charge in [-0.15, -0.1) is 0 Å². The van der Waals surface area contributed by atoms with Crippen molar-refractivity contribution in [2.75, 3.05) is 24.0 Å². The zero-order chi connectivity index (χ0) is 30.9. The van der Waals surface area contributed by atoms with Gasteiger partial charge in [-0.2, -0.15) is 0 Å². The van der Waals surface area contributed by atoms with Gasteiger partial charge in [-0.05, 0) is 67.3 Å². The van der Waals surface area contributed by atoms with Gasteiger partial charge in [0.1, 0.15) is 12.4 Å². The van der Waals surface area contributed by atoms with Crippen molar-refractivity contribution in [2.45, 2.75) is 49.8 Å². The molecule has 1 aliphatic rings. The predicted octanol–water partition coefficient (Wildman–Crippen LogP) is 6.71. The molecule has 4 aromatic carbocycles. The zero-order valence-corrected chi connectivity index (χ0v) is 25.7. The van der Waals surface area contributed by atoms with Crippen LogP contribution in [0.1, 0.15) is 30.9 Å². The zero-order valence-electron chi connectivity index (χ0n) is 24.8. The quantitative estimate of drug-likeness (QED) is 0.188. The topological polar surface area (TPSA) is 70.2 Å². The molecule has 0 aliphatic carbocycles. The lowest BCUT2D eigenvalue weighted by Crippen LogP contribution is -2.49. The Hall–Kier alpha value is -4.21. The van der Waals surface area contributed by atoms with Gasteiger partial charge in [0.25, 0.3) is 10.0 Å². The predicted molar refractivity (Wildman–Crippen MR) is 170 cm³/mol. The van der Waals surface area contributed by atoms with Crippen LogP contribution in [0.3, 0.4) is 0 Å². The van der Waals surface area contributed by atoms with Gasteiger partial charge < -0.3 is 9.64 Å². The summed E-state index contributed by atoms with van der Waals surface area (Å²) in [5.74, 6) is -0.500. The number of carbonyl (C=O) groups is 1. The maximum atomic E-state index is 13.8. The lowest BCUT2D eigenvalue weighted by molar-refractivity contribution is 0.0592. The van der Waals surface area contributed by atoms with Crippen LogP contribution in [-0.2, 0) is 27.8 Å². The minimum atomic E-state index is -3.96. The van der Waals surface area contributed by atoms with Crippen LogP contribution in [0.15, 0.2) is 120 Å². The third kappa shape index (κ3) is 7.84. The third-order valence-electron chi connectivity index (χ3n) is 7.96.